The molecule has 1 unspecified atom stereocenters. The van der Waals surface area contributed by atoms with Crippen LogP contribution in [0, 0.1) is 6.92 Å². The van der Waals surface area contributed by atoms with Crippen LogP contribution in [-0.2, 0) is 9.59 Å². The number of hydrogen-bond acceptors (Lipinski definition) is 4. The van der Waals surface area contributed by atoms with Crippen molar-refractivity contribution in [3.63, 3.8) is 0 Å². The van der Waals surface area contributed by atoms with Crippen molar-refractivity contribution in [1.82, 2.24) is 4.90 Å². The fourth-order valence-corrected chi connectivity index (χ4v) is 3.49. The minimum absolute atomic E-state index is 0.0857. The fraction of sp³-hybridized carbons (Fsp3) is 0.312. The highest BCUT2D eigenvalue weighted by molar-refractivity contribution is 7.99. The number of nitrogens with zero attached hydrogens (tertiary/aromatic N) is 1. The lowest BCUT2D eigenvalue weighted by molar-refractivity contribution is -0.137. The second kappa shape index (κ2) is 6.36. The smallest absolute Gasteiger partial charge is 0.308 e. The van der Waals surface area contributed by atoms with Crippen LogP contribution in [0.15, 0.2) is 35.4 Å². The summed E-state index contributed by atoms with van der Waals surface area (Å²) in [7, 11) is 1.59. The van der Waals surface area contributed by atoms with Crippen LogP contribution in [0.25, 0.3) is 0 Å². The maximum absolute atomic E-state index is 12.9. The molecule has 116 valence electrons. The van der Waals surface area contributed by atoms with Crippen LogP contribution in [0.5, 0.6) is 0 Å². The Balaban J connectivity index is 2.57. The summed E-state index contributed by atoms with van der Waals surface area (Å²) in [6, 6.07) is 7.10. The highest BCUT2D eigenvalue weighted by atomic mass is 32.2. The molecule has 0 spiro atoms. The topological polar surface area (TPSA) is 74.7 Å². The zero-order valence-corrected chi connectivity index (χ0v) is 13.4. The van der Waals surface area contributed by atoms with Gasteiger partial charge >= 0.3 is 5.97 Å². The molecular weight excluding hydrogens is 302 g/mol. The van der Waals surface area contributed by atoms with Crippen molar-refractivity contribution in [2.45, 2.75) is 18.7 Å². The third-order valence-electron chi connectivity index (χ3n) is 3.69. The first-order chi connectivity index (χ1) is 10.4. The number of aryl methyl sites for hydroxylation is 1. The molecular formula is C16H17NO4S. The van der Waals surface area contributed by atoms with E-state index in [0.29, 0.717) is 5.56 Å². The molecule has 1 amide bonds. The van der Waals surface area contributed by atoms with Crippen molar-refractivity contribution in [2.24, 2.45) is 0 Å². The number of amides is 1. The summed E-state index contributed by atoms with van der Waals surface area (Å²) in [5, 5.41) is 8.59. The van der Waals surface area contributed by atoms with Crippen LogP contribution in [0.1, 0.15) is 22.3 Å². The second-order valence-corrected chi connectivity index (χ2v) is 6.03. The number of hydrogen-bond donors (Lipinski definition) is 1. The summed E-state index contributed by atoms with van der Waals surface area (Å²) in [5.41, 5.74) is 1.68. The third kappa shape index (κ3) is 2.78. The molecule has 1 N–H and O–H groups in total. The van der Waals surface area contributed by atoms with Gasteiger partial charge in [0, 0.05) is 23.8 Å². The van der Waals surface area contributed by atoms with Gasteiger partial charge in [0.1, 0.15) is 5.37 Å². The minimum atomic E-state index is -1.12. The zero-order valence-electron chi connectivity index (χ0n) is 12.6. The summed E-state index contributed by atoms with van der Waals surface area (Å²) in [6.07, 6.45) is 1.36. The molecule has 0 aromatic heterocycles. The molecule has 1 heterocycles. The monoisotopic (exact) mass is 319 g/mol. The van der Waals surface area contributed by atoms with Crippen LogP contribution in [0.3, 0.4) is 0 Å². The van der Waals surface area contributed by atoms with E-state index in [4.69, 9.17) is 5.11 Å². The molecule has 1 aliphatic rings. The number of carbonyl (C=O) groups excluding carboxylic acids is 2. The predicted molar refractivity (Wildman–Crippen MR) is 84.9 cm³/mol. The predicted octanol–water partition coefficient (Wildman–Crippen LogP) is 2.11. The summed E-state index contributed by atoms with van der Waals surface area (Å²) in [4.78, 5) is 37.6. The highest BCUT2D eigenvalue weighted by Crippen LogP contribution is 2.35. The van der Waals surface area contributed by atoms with Crippen LogP contribution < -0.4 is 0 Å². The van der Waals surface area contributed by atoms with Crippen LogP contribution in [0.4, 0.5) is 0 Å². The molecule has 1 atom stereocenters. The number of likely N-dealkylation sites (N-methyl/N-ethyl adjacent to an activating group) is 1. The Morgan fingerprint density at radius 3 is 2.50 bits per heavy atom. The van der Waals surface area contributed by atoms with Crippen LogP contribution in [-0.4, -0.2) is 46.3 Å². The van der Waals surface area contributed by atoms with Gasteiger partial charge in [0.15, 0.2) is 5.78 Å². The van der Waals surface area contributed by atoms with Crippen molar-refractivity contribution in [1.29, 1.82) is 0 Å². The summed E-state index contributed by atoms with van der Waals surface area (Å²) < 4.78 is 0. The van der Waals surface area contributed by atoms with Gasteiger partial charge < -0.3 is 10.0 Å². The van der Waals surface area contributed by atoms with Gasteiger partial charge in [-0.25, -0.2) is 0 Å². The van der Waals surface area contributed by atoms with Gasteiger partial charge in [-0.2, -0.15) is 0 Å². The van der Waals surface area contributed by atoms with Crippen molar-refractivity contribution in [3.8, 4) is 0 Å². The molecule has 0 bridgehead atoms. The van der Waals surface area contributed by atoms with E-state index < -0.39 is 23.7 Å². The Bertz CT molecular complexity index is 680. The Morgan fingerprint density at radius 1 is 1.32 bits per heavy atom. The van der Waals surface area contributed by atoms with Crippen molar-refractivity contribution < 1.29 is 19.5 Å². The first-order valence-corrected chi connectivity index (χ1v) is 8.02. The van der Waals surface area contributed by atoms with Gasteiger partial charge in [-0.15, -0.1) is 11.8 Å². The largest absolute Gasteiger partial charge is 0.481 e. The number of carboxylic acid groups (broad SMARTS) is 1. The number of thioether (sulfide) groups is 1. The maximum Gasteiger partial charge on any atom is 0.308 e. The van der Waals surface area contributed by atoms with E-state index in [0.717, 1.165) is 5.56 Å². The number of carbonyl (C=O) groups is 3. The number of benzene rings is 1. The number of aliphatic carboxylic acids is 1. The molecule has 0 fully saturated rings. The Hall–Kier alpha value is -2.08. The molecule has 0 saturated carbocycles. The Kier molecular flexibility index (Phi) is 4.71. The zero-order chi connectivity index (χ0) is 16.4. The molecule has 1 aromatic carbocycles. The average molecular weight is 319 g/mol. The van der Waals surface area contributed by atoms with Gasteiger partial charge in [-0.3, -0.25) is 14.4 Å². The minimum Gasteiger partial charge on any atom is -0.481 e. The molecule has 1 aromatic rings. The van der Waals surface area contributed by atoms with E-state index in [1.807, 2.05) is 19.1 Å². The van der Waals surface area contributed by atoms with E-state index in [9.17, 15) is 14.4 Å². The summed E-state index contributed by atoms with van der Waals surface area (Å²) in [5.74, 6) is -1.78. The molecule has 6 heteroatoms. The van der Waals surface area contributed by atoms with E-state index in [2.05, 4.69) is 0 Å². The van der Waals surface area contributed by atoms with Gasteiger partial charge in [0.05, 0.1) is 6.42 Å². The lowest BCUT2D eigenvalue weighted by Crippen LogP contribution is -2.30. The number of rotatable bonds is 5. The van der Waals surface area contributed by atoms with Gasteiger partial charge in [-0.05, 0) is 18.7 Å². The van der Waals surface area contributed by atoms with Gasteiger partial charge in [-0.1, -0.05) is 24.3 Å². The first kappa shape index (κ1) is 16.3. The fourth-order valence-electron chi connectivity index (χ4n) is 2.60. The van der Waals surface area contributed by atoms with E-state index in [1.54, 1.807) is 25.4 Å². The average Bonchev–Trinajstić information content (AvgIpc) is 2.71. The molecule has 5 nitrogen and oxygen atoms in total. The summed E-state index contributed by atoms with van der Waals surface area (Å²) >= 11 is 1.35. The van der Waals surface area contributed by atoms with Crippen LogP contribution in [0.2, 0.25) is 0 Å². The number of carboxylic acids is 1. The SMILES string of the molecule is CSC1C(C(=O)c2ccccc2C)=C(CC(=O)O)C(=O)N1C. The van der Waals surface area contributed by atoms with Crippen molar-refractivity contribution >= 4 is 29.4 Å². The molecule has 1 aliphatic heterocycles. The van der Waals surface area contributed by atoms with E-state index in [1.165, 1.54) is 16.7 Å². The van der Waals surface area contributed by atoms with Crippen molar-refractivity contribution in [2.75, 3.05) is 13.3 Å². The Morgan fingerprint density at radius 2 is 1.95 bits per heavy atom. The normalized spacial score (nSPS) is 18.0. The molecule has 0 saturated heterocycles. The first-order valence-electron chi connectivity index (χ1n) is 6.73. The maximum atomic E-state index is 12.9. The standard InChI is InChI=1S/C16H17NO4S/c1-9-6-4-5-7-10(9)14(20)13-11(8-12(18)19)15(21)17(2)16(13)22-3/h4-7,16H,8H2,1-3H3,(H,18,19). The lowest BCUT2D eigenvalue weighted by Gasteiger charge is -2.20. The van der Waals surface area contributed by atoms with E-state index >= 15 is 0 Å². The highest BCUT2D eigenvalue weighted by Gasteiger charge is 2.40. The lowest BCUT2D eigenvalue weighted by atomic mass is 9.95. The van der Waals surface area contributed by atoms with Gasteiger partial charge in [0.2, 0.25) is 0 Å². The van der Waals surface area contributed by atoms with E-state index in [-0.39, 0.29) is 16.9 Å². The van der Waals surface area contributed by atoms with Crippen molar-refractivity contribution in [3.05, 3.63) is 46.5 Å². The van der Waals surface area contributed by atoms with Crippen LogP contribution >= 0.6 is 11.8 Å². The number of Topliss-reactive ketones (excluding diaryl/α,β-unsaturated/α-hetero) is 1. The summed E-state index contributed by atoms with van der Waals surface area (Å²) in [6.45, 7) is 1.82. The quantitative estimate of drug-likeness (QED) is 0.841. The Labute approximate surface area is 133 Å². The third-order valence-corrected chi connectivity index (χ3v) is 4.69. The van der Waals surface area contributed by atoms with Gasteiger partial charge in [0.25, 0.3) is 5.91 Å². The molecule has 0 radical (unpaired) electrons. The number of ketones is 1. The molecule has 22 heavy (non-hydrogen) atoms. The molecule has 0 aliphatic carbocycles. The molecule has 2 rings (SSSR count). The second-order valence-electron chi connectivity index (χ2n) is 5.11.